The normalized spacial score (nSPS) is 15.3. The maximum Gasteiger partial charge on any atom is 0.340 e. The van der Waals surface area contributed by atoms with Gasteiger partial charge in [-0.25, -0.2) is 0 Å². The van der Waals surface area contributed by atoms with Crippen LogP contribution in [0.2, 0.25) is 0 Å². The Morgan fingerprint density at radius 2 is 1.00 bits per heavy atom. The molecule has 1 unspecified atom stereocenters. The zero-order valence-electron chi connectivity index (χ0n) is 23.7. The fourth-order valence-corrected chi connectivity index (χ4v) is 9.32. The van der Waals surface area contributed by atoms with Gasteiger partial charge in [0.05, 0.1) is 19.8 Å². The smallest absolute Gasteiger partial charge is 0.328 e. The minimum atomic E-state index is -3.41. The van der Waals surface area contributed by atoms with E-state index in [1.165, 1.54) is 22.3 Å². The van der Waals surface area contributed by atoms with Crippen molar-refractivity contribution in [3.8, 4) is 0 Å². The maximum absolute atomic E-state index is 13.3. The van der Waals surface area contributed by atoms with Crippen LogP contribution in [0.1, 0.15) is 100 Å². The Labute approximate surface area is 216 Å². The van der Waals surface area contributed by atoms with Crippen LogP contribution in [0.3, 0.4) is 0 Å². The molecule has 1 atom stereocenters. The van der Waals surface area contributed by atoms with Crippen LogP contribution < -0.4 is 0 Å². The molecule has 0 spiro atoms. The van der Waals surface area contributed by atoms with Gasteiger partial charge in [-0.05, 0) is 100 Å². The molecule has 0 aliphatic carbocycles. The first-order valence-corrected chi connectivity index (χ1v) is 16.9. The van der Waals surface area contributed by atoms with Crippen LogP contribution in [-0.2, 0) is 22.7 Å². The lowest BCUT2D eigenvalue weighted by atomic mass is 10.0. The van der Waals surface area contributed by atoms with Gasteiger partial charge >= 0.3 is 7.60 Å². The van der Waals surface area contributed by atoms with E-state index in [4.69, 9.17) is 13.6 Å². The topological polar surface area (TPSA) is 61.8 Å². The second-order valence-electron chi connectivity index (χ2n) is 9.38. The first-order chi connectivity index (χ1) is 16.5. The summed E-state index contributed by atoms with van der Waals surface area (Å²) in [5.41, 5.74) is 5.55. The number of rotatable bonds is 20. The molecule has 0 aromatic heterocycles. The second kappa shape index (κ2) is 19.4. The molecular weight excluding hydrogens is 478 g/mol. The van der Waals surface area contributed by atoms with Crippen LogP contribution >= 0.6 is 15.0 Å². The van der Waals surface area contributed by atoms with Gasteiger partial charge in [0, 0.05) is 6.16 Å². The van der Waals surface area contributed by atoms with Gasteiger partial charge in [-0.3, -0.25) is 9.13 Å². The minimum Gasteiger partial charge on any atom is -0.328 e. The zero-order valence-corrected chi connectivity index (χ0v) is 25.5. The molecule has 0 aliphatic rings. The molecule has 0 rings (SSSR count). The van der Waals surface area contributed by atoms with Crippen molar-refractivity contribution in [1.82, 2.24) is 0 Å². The number of hydrogen-bond acceptors (Lipinski definition) is 5. The fourth-order valence-electron chi connectivity index (χ4n) is 3.68. The highest BCUT2D eigenvalue weighted by Gasteiger charge is 2.36. The summed E-state index contributed by atoms with van der Waals surface area (Å²) in [4.78, 5) is 0. The van der Waals surface area contributed by atoms with Crippen LogP contribution in [0.25, 0.3) is 0 Å². The molecular formula is C28H52O5P2. The Morgan fingerprint density at radius 3 is 1.40 bits per heavy atom. The van der Waals surface area contributed by atoms with Gasteiger partial charge in [0.1, 0.15) is 5.90 Å². The summed E-state index contributed by atoms with van der Waals surface area (Å²) in [7, 11) is -6.52. The molecule has 0 heterocycles. The van der Waals surface area contributed by atoms with E-state index >= 15 is 0 Å². The average molecular weight is 531 g/mol. The van der Waals surface area contributed by atoms with Gasteiger partial charge in [-0.15, -0.1) is 0 Å². The van der Waals surface area contributed by atoms with Crippen molar-refractivity contribution in [3.63, 3.8) is 0 Å². The molecule has 0 aromatic carbocycles. The van der Waals surface area contributed by atoms with E-state index in [0.717, 1.165) is 38.5 Å². The lowest BCUT2D eigenvalue weighted by Gasteiger charge is -2.23. The molecule has 0 amide bonds. The van der Waals surface area contributed by atoms with Crippen LogP contribution in [0.5, 0.6) is 0 Å². The molecule has 0 N–H and O–H groups in total. The molecule has 0 saturated carbocycles. The van der Waals surface area contributed by atoms with Gasteiger partial charge < -0.3 is 13.6 Å². The highest BCUT2D eigenvalue weighted by molar-refractivity contribution is 7.73. The van der Waals surface area contributed by atoms with Crippen LogP contribution in [0.15, 0.2) is 46.6 Å². The van der Waals surface area contributed by atoms with Crippen molar-refractivity contribution >= 4 is 15.0 Å². The molecule has 35 heavy (non-hydrogen) atoms. The number of allylic oxidation sites excluding steroid dienone is 8. The van der Waals surface area contributed by atoms with Crippen molar-refractivity contribution in [2.45, 2.75) is 100 Å². The molecule has 0 fully saturated rings. The molecule has 204 valence electrons. The average Bonchev–Trinajstić information content (AvgIpc) is 2.73. The van der Waals surface area contributed by atoms with Crippen molar-refractivity contribution in [1.29, 1.82) is 0 Å². The summed E-state index contributed by atoms with van der Waals surface area (Å²) < 4.78 is 42.4. The third kappa shape index (κ3) is 18.2. The Bertz CT molecular complexity index is 794. The summed E-state index contributed by atoms with van der Waals surface area (Å²) in [5, 5.41) is 0. The molecule has 0 bridgehead atoms. The molecule has 0 radical (unpaired) electrons. The fraction of sp³-hybridized carbons (Fsp3) is 0.714. The van der Waals surface area contributed by atoms with Gasteiger partial charge in [0.2, 0.25) is 7.37 Å². The predicted molar refractivity (Wildman–Crippen MR) is 153 cm³/mol. The molecule has 0 aliphatic heterocycles. The Morgan fingerprint density at radius 1 is 0.600 bits per heavy atom. The van der Waals surface area contributed by atoms with Gasteiger partial charge in [-0.1, -0.05) is 46.6 Å². The summed E-state index contributed by atoms with van der Waals surface area (Å²) >= 11 is 0. The third-order valence-electron chi connectivity index (χ3n) is 5.52. The summed E-state index contributed by atoms with van der Waals surface area (Å²) in [6.07, 6.45) is 16.5. The van der Waals surface area contributed by atoms with E-state index in [1.54, 1.807) is 20.8 Å². The Hall–Kier alpha value is -0.700. The lowest BCUT2D eigenvalue weighted by Crippen LogP contribution is -2.06. The predicted octanol–water partition coefficient (Wildman–Crippen LogP) is 10.1. The summed E-state index contributed by atoms with van der Waals surface area (Å²) in [6, 6.07) is 0. The Kier molecular flexibility index (Phi) is 19.0. The highest BCUT2D eigenvalue weighted by atomic mass is 31.2. The van der Waals surface area contributed by atoms with Crippen molar-refractivity contribution in [2.24, 2.45) is 0 Å². The van der Waals surface area contributed by atoms with E-state index in [-0.39, 0.29) is 19.1 Å². The quantitative estimate of drug-likeness (QED) is 0.116. The van der Waals surface area contributed by atoms with E-state index < -0.39 is 15.0 Å². The Balaban J connectivity index is 4.62. The largest absolute Gasteiger partial charge is 0.340 e. The second-order valence-corrected chi connectivity index (χ2v) is 14.6. The van der Waals surface area contributed by atoms with E-state index in [1.807, 2.05) is 0 Å². The van der Waals surface area contributed by atoms with E-state index in [2.05, 4.69) is 58.9 Å². The van der Waals surface area contributed by atoms with Crippen LogP contribution in [-0.4, -0.2) is 31.9 Å². The molecule has 5 nitrogen and oxygen atoms in total. The van der Waals surface area contributed by atoms with Crippen molar-refractivity contribution < 1.29 is 22.7 Å². The molecule has 0 aromatic rings. The summed E-state index contributed by atoms with van der Waals surface area (Å²) in [5.74, 6) is -0.160. The third-order valence-corrected chi connectivity index (χ3v) is 11.6. The lowest BCUT2D eigenvalue weighted by molar-refractivity contribution is 0.222. The first kappa shape index (κ1) is 34.3. The van der Waals surface area contributed by atoms with E-state index in [9.17, 15) is 9.13 Å². The van der Waals surface area contributed by atoms with E-state index in [0.29, 0.717) is 19.2 Å². The van der Waals surface area contributed by atoms with Gasteiger partial charge in [0.15, 0.2) is 0 Å². The molecule has 0 saturated heterocycles. The van der Waals surface area contributed by atoms with Gasteiger partial charge in [0.25, 0.3) is 0 Å². The van der Waals surface area contributed by atoms with Crippen molar-refractivity contribution in [2.75, 3.05) is 31.9 Å². The highest BCUT2D eigenvalue weighted by Crippen LogP contribution is 2.63. The number of hydrogen-bond donors (Lipinski definition) is 0. The standard InChI is InChI=1S/C28H52O5P2/c1-9-31-34(29,24-35(30,32-10-2)33-11-3)23-15-22-28(8)21-14-20-27(7)19-13-18-26(6)17-12-16-25(4)5/h16,18,20,22H,9-15,17,19,21,23-24H2,1-8H3/b26-18+,27-20+,28-22+. The molecule has 7 heteroatoms. The van der Waals surface area contributed by atoms with Crippen LogP contribution in [0, 0.1) is 0 Å². The summed E-state index contributed by atoms with van der Waals surface area (Å²) in [6.45, 7) is 17.0. The SMILES string of the molecule is CCOP(=O)(CC/C=C(\C)CC/C=C(\C)CC/C=C(\C)CCC=C(C)C)CP(=O)(OCC)OCC. The monoisotopic (exact) mass is 530 g/mol. The zero-order chi connectivity index (χ0) is 26.7. The van der Waals surface area contributed by atoms with Crippen LogP contribution in [0.4, 0.5) is 0 Å². The first-order valence-electron chi connectivity index (χ1n) is 13.2. The van der Waals surface area contributed by atoms with Gasteiger partial charge in [-0.2, -0.15) is 0 Å². The maximum atomic E-state index is 13.3. The van der Waals surface area contributed by atoms with Crippen molar-refractivity contribution in [3.05, 3.63) is 46.6 Å². The minimum absolute atomic E-state index is 0.160.